The molecule has 0 aliphatic rings. The Labute approximate surface area is 257 Å². The lowest BCUT2D eigenvalue weighted by Gasteiger charge is -2.18. The molecule has 1 aromatic heterocycles. The van der Waals surface area contributed by atoms with Gasteiger partial charge in [-0.05, 0) is 89.9 Å². The molecule has 0 amide bonds. The molecule has 0 saturated heterocycles. The van der Waals surface area contributed by atoms with Gasteiger partial charge in [-0.3, -0.25) is 0 Å². The molecule has 43 heavy (non-hydrogen) atoms. The average Bonchev–Trinajstić information content (AvgIpc) is 3.54. The second kappa shape index (κ2) is 9.44. The van der Waals surface area contributed by atoms with Crippen LogP contribution in [0.5, 0.6) is 0 Å². The van der Waals surface area contributed by atoms with Gasteiger partial charge in [0, 0.05) is 10.8 Å². The van der Waals surface area contributed by atoms with Gasteiger partial charge >= 0.3 is 0 Å². The van der Waals surface area contributed by atoms with E-state index in [4.69, 9.17) is 9.90 Å². The summed E-state index contributed by atoms with van der Waals surface area (Å²) in [6.45, 7) is 0. The van der Waals surface area contributed by atoms with E-state index in [0.717, 1.165) is 49.0 Å². The maximum atomic E-state index is 9.88. The molecule has 1 heteroatoms. The summed E-state index contributed by atoms with van der Waals surface area (Å²) in [6, 6.07) is 39.1. The van der Waals surface area contributed by atoms with Crippen LogP contribution in [0.1, 0.15) is 8.22 Å². The first-order valence-corrected chi connectivity index (χ1v) is 14.3. The van der Waals surface area contributed by atoms with E-state index in [1.807, 2.05) is 78.9 Å². The Morgan fingerprint density at radius 3 is 1.77 bits per heavy atom. The van der Waals surface area contributed by atoms with E-state index >= 15 is 0 Å². The number of hydrogen-bond donors (Lipinski definition) is 0. The molecule has 0 saturated carbocycles. The lowest BCUT2D eigenvalue weighted by Crippen LogP contribution is -1.91. The van der Waals surface area contributed by atoms with E-state index in [2.05, 4.69) is 42.5 Å². The van der Waals surface area contributed by atoms with Crippen LogP contribution in [-0.2, 0) is 0 Å². The summed E-state index contributed by atoms with van der Waals surface area (Å²) in [5, 5.41) is 6.53. The zero-order valence-corrected chi connectivity index (χ0v) is 23.0. The minimum atomic E-state index is -0.406. The molecule has 0 bridgehead atoms. The summed E-state index contributed by atoms with van der Waals surface area (Å²) < 4.78 is 60.1. The van der Waals surface area contributed by atoms with Crippen LogP contribution in [0, 0.1) is 0 Å². The van der Waals surface area contributed by atoms with E-state index in [-0.39, 0.29) is 46.8 Å². The predicted octanol–water partition coefficient (Wildman–Crippen LogP) is 12.0. The average molecular weight is 553 g/mol. The van der Waals surface area contributed by atoms with E-state index in [1.54, 1.807) is 0 Å². The first-order chi connectivity index (χ1) is 23.8. The molecule has 0 unspecified atom stereocenters. The molecule has 9 aromatic rings. The number of fused-ring (bicyclic) bond motifs is 6. The largest absolute Gasteiger partial charge is 0.456 e. The molecule has 200 valence electrons. The second-order valence-corrected chi connectivity index (χ2v) is 10.8. The van der Waals surface area contributed by atoms with Crippen molar-refractivity contribution in [3.05, 3.63) is 158 Å². The fraction of sp³-hybridized carbons (Fsp3) is 0. The minimum absolute atomic E-state index is 0.0235. The van der Waals surface area contributed by atoms with Crippen molar-refractivity contribution in [3.8, 4) is 33.4 Å². The molecule has 9 rings (SSSR count). The van der Waals surface area contributed by atoms with E-state index < -0.39 is 6.04 Å². The molecule has 0 aliphatic carbocycles. The van der Waals surface area contributed by atoms with Crippen molar-refractivity contribution in [2.24, 2.45) is 0 Å². The van der Waals surface area contributed by atoms with Gasteiger partial charge in [0.1, 0.15) is 11.2 Å². The van der Waals surface area contributed by atoms with Gasteiger partial charge in [0.15, 0.2) is 0 Å². The summed E-state index contributed by atoms with van der Waals surface area (Å²) in [7, 11) is 0. The van der Waals surface area contributed by atoms with Crippen LogP contribution in [0.4, 0.5) is 0 Å². The molecule has 0 N–H and O–H groups in total. The van der Waals surface area contributed by atoms with Gasteiger partial charge in [-0.25, -0.2) is 0 Å². The first-order valence-electron chi connectivity index (χ1n) is 17.3. The molecule has 0 fully saturated rings. The van der Waals surface area contributed by atoms with Gasteiger partial charge < -0.3 is 4.42 Å². The van der Waals surface area contributed by atoms with Gasteiger partial charge in [-0.15, -0.1) is 0 Å². The zero-order valence-electron chi connectivity index (χ0n) is 29.0. The van der Waals surface area contributed by atoms with Crippen LogP contribution in [0.2, 0.25) is 0 Å². The molecule has 0 radical (unpaired) electrons. The molecule has 0 atom stereocenters. The van der Waals surface area contributed by atoms with Crippen molar-refractivity contribution in [2.75, 3.05) is 0 Å². The number of rotatable bonds is 3. The van der Waals surface area contributed by atoms with Gasteiger partial charge in [0.05, 0.1) is 8.22 Å². The van der Waals surface area contributed by atoms with Crippen molar-refractivity contribution in [3.63, 3.8) is 0 Å². The highest BCUT2D eigenvalue weighted by atomic mass is 16.3. The smallest absolute Gasteiger partial charge is 0.136 e. The number of para-hydroxylation sites is 1. The lowest BCUT2D eigenvalue weighted by atomic mass is 9.84. The maximum Gasteiger partial charge on any atom is 0.136 e. The van der Waals surface area contributed by atoms with Crippen molar-refractivity contribution >= 4 is 54.3 Å². The van der Waals surface area contributed by atoms with E-state index in [1.165, 1.54) is 0 Å². The van der Waals surface area contributed by atoms with Crippen LogP contribution >= 0.6 is 0 Å². The van der Waals surface area contributed by atoms with Gasteiger partial charge in [-0.2, -0.15) is 0 Å². The van der Waals surface area contributed by atoms with Crippen LogP contribution in [0.3, 0.4) is 0 Å². The van der Waals surface area contributed by atoms with Crippen molar-refractivity contribution in [2.45, 2.75) is 0 Å². The molecule has 0 spiro atoms. The summed E-state index contributed by atoms with van der Waals surface area (Å²) in [4.78, 5) is 0. The van der Waals surface area contributed by atoms with Crippen LogP contribution < -0.4 is 0 Å². The number of furan rings is 1. The normalized spacial score (nSPS) is 13.7. The SMILES string of the molecule is [2H]c1c([2H])c([2H])c2c(oc3c([2H])c(-c4c5ccccc5c(-c5ccc6ccccc6c5)c5ccccc45)c([2H])c(-c4ccccc4)c32)c1[2H]. The first kappa shape index (κ1) is 18.7. The summed E-state index contributed by atoms with van der Waals surface area (Å²) in [6.07, 6.45) is 0. The standard InChI is InChI=1S/C42H26O/c1-2-13-28(14-3-1)37-25-31(26-39-42(37)36-20-10-11-21-38(36)43-39)41-34-18-8-6-16-32(34)40(33-17-7-9-19-35(33)41)30-23-22-27-12-4-5-15-29(27)24-30/h1-26H/i10D,11D,20D,21D,25D,26D. The monoisotopic (exact) mass is 552 g/mol. The van der Waals surface area contributed by atoms with Crippen molar-refractivity contribution < 1.29 is 12.6 Å². The third kappa shape index (κ3) is 3.72. The highest BCUT2D eigenvalue weighted by Crippen LogP contribution is 2.47. The fourth-order valence-electron chi connectivity index (χ4n) is 6.48. The summed E-state index contributed by atoms with van der Waals surface area (Å²) >= 11 is 0. The van der Waals surface area contributed by atoms with Crippen LogP contribution in [0.25, 0.3) is 87.6 Å². The second-order valence-electron chi connectivity index (χ2n) is 10.8. The topological polar surface area (TPSA) is 13.1 Å². The quantitative estimate of drug-likeness (QED) is 0.199. The fourth-order valence-corrected chi connectivity index (χ4v) is 6.48. The van der Waals surface area contributed by atoms with E-state index in [9.17, 15) is 2.74 Å². The lowest BCUT2D eigenvalue weighted by molar-refractivity contribution is 0.669. The van der Waals surface area contributed by atoms with Crippen molar-refractivity contribution in [1.82, 2.24) is 0 Å². The Balaban J connectivity index is 1.48. The number of hydrogen-bond acceptors (Lipinski definition) is 1. The zero-order chi connectivity index (χ0) is 33.6. The Morgan fingerprint density at radius 2 is 1.05 bits per heavy atom. The summed E-state index contributed by atoms with van der Waals surface area (Å²) in [5.74, 6) is 0. The Kier molecular flexibility index (Phi) is 4.11. The van der Waals surface area contributed by atoms with Crippen LogP contribution in [-0.4, -0.2) is 0 Å². The van der Waals surface area contributed by atoms with Crippen LogP contribution in [0.15, 0.2) is 162 Å². The molecular formula is C42H26O. The number of benzene rings is 8. The van der Waals surface area contributed by atoms with Gasteiger partial charge in [0.25, 0.3) is 0 Å². The molecular weight excluding hydrogens is 520 g/mol. The minimum Gasteiger partial charge on any atom is -0.456 e. The van der Waals surface area contributed by atoms with E-state index in [0.29, 0.717) is 22.1 Å². The Hall–Kier alpha value is -5.66. The third-order valence-electron chi connectivity index (χ3n) is 8.35. The molecule has 1 heterocycles. The highest BCUT2D eigenvalue weighted by Gasteiger charge is 2.20. The van der Waals surface area contributed by atoms with Crippen molar-refractivity contribution in [1.29, 1.82) is 0 Å². The molecule has 0 aliphatic heterocycles. The molecule has 1 nitrogen and oxygen atoms in total. The maximum absolute atomic E-state index is 9.88. The highest BCUT2D eigenvalue weighted by molar-refractivity contribution is 6.23. The van der Waals surface area contributed by atoms with Gasteiger partial charge in [0.2, 0.25) is 0 Å². The predicted molar refractivity (Wildman–Crippen MR) is 183 cm³/mol. The van der Waals surface area contributed by atoms with Gasteiger partial charge in [-0.1, -0.05) is 133 Å². The Bertz CT molecular complexity index is 2780. The molecule has 8 aromatic carbocycles. The third-order valence-corrected chi connectivity index (χ3v) is 8.35. The summed E-state index contributed by atoms with van der Waals surface area (Å²) in [5.41, 5.74) is 4.48. The Morgan fingerprint density at radius 1 is 0.442 bits per heavy atom.